The van der Waals surface area contributed by atoms with Gasteiger partial charge in [0.2, 0.25) is 11.8 Å². The number of amides is 2. The molecule has 1 heterocycles. The summed E-state index contributed by atoms with van der Waals surface area (Å²) < 4.78 is 40.2. The van der Waals surface area contributed by atoms with E-state index in [0.29, 0.717) is 10.9 Å². The smallest absolute Gasteiger partial charge is 0.335 e. The van der Waals surface area contributed by atoms with Crippen LogP contribution in [0, 0.1) is 0 Å². The summed E-state index contributed by atoms with van der Waals surface area (Å²) >= 11 is 0. The molecule has 0 aliphatic rings. The maximum atomic E-state index is 13.0. The Morgan fingerprint density at radius 3 is 2.50 bits per heavy atom. The number of nitrogens with one attached hydrogen (secondary N) is 1. The van der Waals surface area contributed by atoms with Crippen LogP contribution in [-0.2, 0) is 22.3 Å². The molecule has 0 saturated carbocycles. The molecule has 0 unspecified atom stereocenters. The van der Waals surface area contributed by atoms with Crippen LogP contribution < -0.4 is 10.9 Å². The highest BCUT2D eigenvalue weighted by atomic mass is 19.4. The number of carbonyl (C=O) groups is 2. The van der Waals surface area contributed by atoms with Crippen LogP contribution in [0.1, 0.15) is 5.56 Å². The Hall–Kier alpha value is -3.69. The summed E-state index contributed by atoms with van der Waals surface area (Å²) in [7, 11) is 1.32. The highest BCUT2D eigenvalue weighted by molar-refractivity contribution is 5.95. The molecule has 2 amide bonds. The lowest BCUT2D eigenvalue weighted by atomic mass is 10.1. The number of likely N-dealkylation sites (N-methyl/N-ethyl adjacent to an activating group) is 1. The summed E-state index contributed by atoms with van der Waals surface area (Å²) in [6, 6.07) is 11.2. The van der Waals surface area contributed by atoms with Crippen molar-refractivity contribution >= 4 is 28.4 Å². The number of carbonyl (C=O) groups excluding carboxylic acids is 2. The number of fused-ring (bicyclic) bond motifs is 1. The highest BCUT2D eigenvalue weighted by Gasteiger charge is 2.33. The van der Waals surface area contributed by atoms with Gasteiger partial charge in [0.15, 0.2) is 0 Å². The van der Waals surface area contributed by atoms with Gasteiger partial charge in [0.1, 0.15) is 6.54 Å². The van der Waals surface area contributed by atoms with Gasteiger partial charge in [-0.25, -0.2) is 4.98 Å². The van der Waals surface area contributed by atoms with Crippen LogP contribution in [0.25, 0.3) is 10.9 Å². The third-order valence-corrected chi connectivity index (χ3v) is 4.35. The van der Waals surface area contributed by atoms with Crippen LogP contribution >= 0.6 is 0 Å². The molecule has 0 radical (unpaired) electrons. The van der Waals surface area contributed by atoms with Crippen molar-refractivity contribution in [1.82, 2.24) is 14.5 Å². The largest absolute Gasteiger partial charge is 0.418 e. The predicted molar refractivity (Wildman–Crippen MR) is 104 cm³/mol. The number of hydrogen-bond donors (Lipinski definition) is 1. The van der Waals surface area contributed by atoms with Gasteiger partial charge in [-0.3, -0.25) is 19.0 Å². The first-order valence-electron chi connectivity index (χ1n) is 8.81. The second-order valence-electron chi connectivity index (χ2n) is 6.54. The predicted octanol–water partition coefficient (Wildman–Crippen LogP) is 2.51. The molecule has 0 aliphatic heterocycles. The fourth-order valence-corrected chi connectivity index (χ4v) is 2.82. The van der Waals surface area contributed by atoms with Gasteiger partial charge < -0.3 is 10.2 Å². The molecule has 3 aromatic rings. The zero-order valence-corrected chi connectivity index (χ0v) is 15.8. The van der Waals surface area contributed by atoms with Crippen LogP contribution in [0.4, 0.5) is 18.9 Å². The Morgan fingerprint density at radius 2 is 1.77 bits per heavy atom. The molecule has 2 aromatic carbocycles. The lowest BCUT2D eigenvalue weighted by molar-refractivity contribution is -0.137. The molecule has 0 bridgehead atoms. The van der Waals surface area contributed by atoms with Gasteiger partial charge in [-0.05, 0) is 24.3 Å². The third-order valence-electron chi connectivity index (χ3n) is 4.35. The Morgan fingerprint density at radius 1 is 1.10 bits per heavy atom. The van der Waals surface area contributed by atoms with Gasteiger partial charge in [0.05, 0.1) is 35.0 Å². The van der Waals surface area contributed by atoms with Gasteiger partial charge in [-0.15, -0.1) is 0 Å². The molecule has 0 fully saturated rings. The summed E-state index contributed by atoms with van der Waals surface area (Å²) in [4.78, 5) is 42.1. The molecule has 30 heavy (non-hydrogen) atoms. The van der Waals surface area contributed by atoms with Gasteiger partial charge in [0.25, 0.3) is 5.56 Å². The summed E-state index contributed by atoms with van der Waals surface area (Å²) in [6.45, 7) is -0.847. The molecular formula is C20H17F3N4O3. The molecule has 3 rings (SSSR count). The zero-order valence-electron chi connectivity index (χ0n) is 15.8. The summed E-state index contributed by atoms with van der Waals surface area (Å²) in [6.07, 6.45) is -3.40. The van der Waals surface area contributed by atoms with E-state index in [-0.39, 0.29) is 6.54 Å². The molecule has 10 heteroatoms. The van der Waals surface area contributed by atoms with E-state index in [9.17, 15) is 27.6 Å². The van der Waals surface area contributed by atoms with Crippen molar-refractivity contribution in [2.45, 2.75) is 12.7 Å². The molecule has 1 N–H and O–H groups in total. The van der Waals surface area contributed by atoms with Crippen molar-refractivity contribution in [3.05, 3.63) is 70.8 Å². The van der Waals surface area contributed by atoms with Crippen LogP contribution in [0.15, 0.2) is 59.7 Å². The van der Waals surface area contributed by atoms with Crippen molar-refractivity contribution in [2.75, 3.05) is 18.9 Å². The van der Waals surface area contributed by atoms with E-state index in [4.69, 9.17) is 0 Å². The first-order chi connectivity index (χ1) is 14.2. The highest BCUT2D eigenvalue weighted by Crippen LogP contribution is 2.34. The Kier molecular flexibility index (Phi) is 5.86. The maximum Gasteiger partial charge on any atom is 0.418 e. The van der Waals surface area contributed by atoms with E-state index in [1.807, 2.05) is 0 Å². The van der Waals surface area contributed by atoms with Gasteiger partial charge >= 0.3 is 6.18 Å². The van der Waals surface area contributed by atoms with Crippen molar-refractivity contribution < 1.29 is 22.8 Å². The van der Waals surface area contributed by atoms with Crippen LogP contribution in [0.2, 0.25) is 0 Å². The topological polar surface area (TPSA) is 84.3 Å². The van der Waals surface area contributed by atoms with Crippen molar-refractivity contribution in [3.8, 4) is 0 Å². The monoisotopic (exact) mass is 418 g/mol. The number of alkyl halides is 3. The number of benzene rings is 2. The zero-order chi connectivity index (χ0) is 21.9. The molecule has 156 valence electrons. The number of hydrogen-bond acceptors (Lipinski definition) is 4. The second-order valence-corrected chi connectivity index (χ2v) is 6.54. The van der Waals surface area contributed by atoms with E-state index in [1.165, 1.54) is 25.5 Å². The van der Waals surface area contributed by atoms with E-state index in [1.54, 1.807) is 24.3 Å². The van der Waals surface area contributed by atoms with Gasteiger partial charge in [-0.1, -0.05) is 24.3 Å². The summed E-state index contributed by atoms with van der Waals surface area (Å²) in [5.74, 6) is -1.38. The third kappa shape index (κ3) is 4.65. The fraction of sp³-hybridized carbons (Fsp3) is 0.200. The SMILES string of the molecule is CN(CC(=O)Nc1ccccc1C(F)(F)F)C(=O)Cn1cnc2ccccc2c1=O. The van der Waals surface area contributed by atoms with Crippen molar-refractivity contribution in [3.63, 3.8) is 0 Å². The van der Waals surface area contributed by atoms with Crippen LogP contribution in [0.3, 0.4) is 0 Å². The number of halogens is 3. The molecule has 0 saturated heterocycles. The molecule has 0 spiro atoms. The number of para-hydroxylation sites is 2. The van der Waals surface area contributed by atoms with E-state index < -0.39 is 41.3 Å². The summed E-state index contributed by atoms with van der Waals surface area (Å²) in [5, 5.41) is 2.51. The van der Waals surface area contributed by atoms with E-state index in [2.05, 4.69) is 10.3 Å². The Labute approximate surface area is 168 Å². The molecule has 0 aliphatic carbocycles. The lowest BCUT2D eigenvalue weighted by Gasteiger charge is -2.19. The lowest BCUT2D eigenvalue weighted by Crippen LogP contribution is -2.38. The normalized spacial score (nSPS) is 11.3. The molecular weight excluding hydrogens is 401 g/mol. The average molecular weight is 418 g/mol. The first-order valence-corrected chi connectivity index (χ1v) is 8.81. The molecule has 0 atom stereocenters. The number of anilines is 1. The van der Waals surface area contributed by atoms with Crippen LogP contribution in [-0.4, -0.2) is 39.9 Å². The molecule has 7 nitrogen and oxygen atoms in total. The Bertz CT molecular complexity index is 1160. The average Bonchev–Trinajstić information content (AvgIpc) is 2.69. The van der Waals surface area contributed by atoms with Gasteiger partial charge in [0, 0.05) is 7.05 Å². The maximum absolute atomic E-state index is 13.0. The minimum Gasteiger partial charge on any atom is -0.335 e. The van der Waals surface area contributed by atoms with E-state index >= 15 is 0 Å². The number of aromatic nitrogens is 2. The van der Waals surface area contributed by atoms with Crippen molar-refractivity contribution in [2.24, 2.45) is 0 Å². The minimum absolute atomic E-state index is 0.344. The second kappa shape index (κ2) is 8.36. The molecule has 1 aromatic heterocycles. The van der Waals surface area contributed by atoms with Gasteiger partial charge in [-0.2, -0.15) is 13.2 Å². The van der Waals surface area contributed by atoms with E-state index in [0.717, 1.165) is 21.6 Å². The first kappa shape index (κ1) is 21.0. The Balaban J connectivity index is 1.67. The number of rotatable bonds is 5. The number of nitrogens with zero attached hydrogens (tertiary/aromatic N) is 3. The minimum atomic E-state index is -4.63. The van der Waals surface area contributed by atoms with Crippen LogP contribution in [0.5, 0.6) is 0 Å². The fourth-order valence-electron chi connectivity index (χ4n) is 2.82. The van der Waals surface area contributed by atoms with Crippen molar-refractivity contribution in [1.29, 1.82) is 0 Å². The summed E-state index contributed by atoms with van der Waals surface area (Å²) in [5.41, 5.74) is -1.31. The standard InChI is InChI=1S/C20H17F3N4O3/c1-26(10-17(28)25-16-9-5-3-7-14(16)20(21,22)23)18(29)11-27-12-24-15-8-4-2-6-13(15)19(27)30/h2-9,12H,10-11H2,1H3,(H,25,28). The quantitative estimate of drug-likeness (QED) is 0.690.